The van der Waals surface area contributed by atoms with E-state index in [0.29, 0.717) is 67.8 Å². The van der Waals surface area contributed by atoms with Crippen molar-refractivity contribution in [2.24, 2.45) is 0 Å². The van der Waals surface area contributed by atoms with Crippen LogP contribution < -0.4 is 15.8 Å². The molecule has 4 aromatic rings. The Kier molecular flexibility index (Phi) is 11.6. The smallest absolute Gasteiger partial charge is 0.278 e. The van der Waals surface area contributed by atoms with E-state index in [1.807, 2.05) is 29.2 Å². The van der Waals surface area contributed by atoms with Crippen LogP contribution in [0.3, 0.4) is 0 Å². The number of aromatic nitrogens is 5. The molecule has 0 atom stereocenters. The lowest BCUT2D eigenvalue weighted by Crippen LogP contribution is -2.49. The fourth-order valence-corrected chi connectivity index (χ4v) is 5.48. The number of hydrogen-bond donors (Lipinski definition) is 2. The topological polar surface area (TPSA) is 140 Å². The minimum Gasteiger partial charge on any atom is -0.384 e. The van der Waals surface area contributed by atoms with Crippen LogP contribution in [-0.4, -0.2) is 92.8 Å². The van der Waals surface area contributed by atoms with E-state index < -0.39 is 5.60 Å². The lowest BCUT2D eigenvalue weighted by molar-refractivity contribution is -0.132. The van der Waals surface area contributed by atoms with Crippen LogP contribution >= 0.6 is 0 Å². The molecule has 0 bridgehead atoms. The number of fused-ring (bicyclic) bond motifs is 1. The first-order valence-corrected chi connectivity index (χ1v) is 16.5. The van der Waals surface area contributed by atoms with Crippen LogP contribution in [-0.2, 0) is 26.4 Å². The van der Waals surface area contributed by atoms with Crippen LogP contribution in [0.5, 0.6) is 0 Å². The van der Waals surface area contributed by atoms with Crippen LogP contribution in [0.15, 0.2) is 66.1 Å². The monoisotopic (exact) mass is 658 g/mol. The van der Waals surface area contributed by atoms with Crippen molar-refractivity contribution in [2.45, 2.75) is 52.2 Å². The zero-order chi connectivity index (χ0) is 34.1. The highest BCUT2D eigenvalue weighted by molar-refractivity contribution is 5.77. The zero-order valence-corrected chi connectivity index (χ0v) is 28.1. The maximum atomic E-state index is 13.3. The van der Waals surface area contributed by atoms with Crippen LogP contribution in [0.4, 0.5) is 17.3 Å². The summed E-state index contributed by atoms with van der Waals surface area (Å²) in [4.78, 5) is 43.9. The SMILES string of the molecule is C=CCn1c(=O)c2cnc(Nc3ccc(N4CCN(C(=O)CCOCCOCCCC)CC4)cc3)nc2n1-c1cccc(C(C)(C)O)n1. The molecule has 13 nitrogen and oxygen atoms in total. The molecule has 0 spiro atoms. The molecule has 0 unspecified atom stereocenters. The van der Waals surface area contributed by atoms with E-state index in [4.69, 9.17) is 14.5 Å². The van der Waals surface area contributed by atoms with Gasteiger partial charge in [-0.15, -0.1) is 6.58 Å². The second kappa shape index (κ2) is 16.0. The van der Waals surface area contributed by atoms with E-state index in [-0.39, 0.29) is 18.0 Å². The molecule has 48 heavy (non-hydrogen) atoms. The van der Waals surface area contributed by atoms with Crippen molar-refractivity contribution < 1.29 is 19.4 Å². The molecule has 1 saturated heterocycles. The Balaban J connectivity index is 1.20. The predicted octanol–water partition coefficient (Wildman–Crippen LogP) is 4.01. The Morgan fingerprint density at radius 1 is 1.02 bits per heavy atom. The third-order valence-electron chi connectivity index (χ3n) is 8.15. The molecule has 0 saturated carbocycles. The molecule has 1 fully saturated rings. The van der Waals surface area contributed by atoms with Crippen molar-refractivity contribution in [2.75, 3.05) is 62.8 Å². The Hall–Kier alpha value is -4.59. The number of amides is 1. The van der Waals surface area contributed by atoms with Gasteiger partial charge in [0.2, 0.25) is 11.9 Å². The molecule has 3 aromatic heterocycles. The number of unbranched alkanes of at least 4 members (excludes halogenated alkanes) is 1. The van der Waals surface area contributed by atoms with Gasteiger partial charge in [-0.25, -0.2) is 19.3 Å². The standard InChI is InChI=1S/C35H46N8O5/c1-5-7-21-47-23-24-48-22-15-31(44)41-19-17-40(18-20-41)27-13-11-26(12-14-27)37-34-36-25-28-32(39-34)43(42(16-6-2)33(28)45)30-10-8-9-29(38-30)35(3,4)46/h6,8-14,25,46H,2,5,7,15-24H2,1,3-4H3,(H,36,37,39). The molecule has 5 rings (SSSR count). The van der Waals surface area contributed by atoms with Crippen molar-refractivity contribution in [1.82, 2.24) is 29.2 Å². The van der Waals surface area contributed by atoms with Crippen molar-refractivity contribution in [1.29, 1.82) is 0 Å². The second-order valence-corrected chi connectivity index (χ2v) is 12.2. The molecule has 4 heterocycles. The van der Waals surface area contributed by atoms with E-state index in [1.165, 1.54) is 10.9 Å². The van der Waals surface area contributed by atoms with Gasteiger partial charge in [0.05, 0.1) is 38.5 Å². The molecular weight excluding hydrogens is 612 g/mol. The Labute approximate surface area is 280 Å². The van der Waals surface area contributed by atoms with Gasteiger partial charge in [0.25, 0.3) is 5.56 Å². The van der Waals surface area contributed by atoms with Crippen molar-refractivity contribution >= 4 is 34.3 Å². The van der Waals surface area contributed by atoms with Gasteiger partial charge in [0.1, 0.15) is 11.0 Å². The molecule has 2 N–H and O–H groups in total. The first kappa shape index (κ1) is 34.7. The third-order valence-corrected chi connectivity index (χ3v) is 8.15. The minimum absolute atomic E-state index is 0.115. The summed E-state index contributed by atoms with van der Waals surface area (Å²) in [7, 11) is 0. The number of nitrogens with one attached hydrogen (secondary N) is 1. The number of aliphatic hydroxyl groups is 1. The Bertz CT molecular complexity index is 1740. The maximum absolute atomic E-state index is 13.3. The van der Waals surface area contributed by atoms with Gasteiger partial charge < -0.3 is 29.7 Å². The molecule has 0 radical (unpaired) electrons. The van der Waals surface area contributed by atoms with E-state index in [0.717, 1.165) is 43.9 Å². The van der Waals surface area contributed by atoms with E-state index in [2.05, 4.69) is 33.7 Å². The minimum atomic E-state index is -1.17. The summed E-state index contributed by atoms with van der Waals surface area (Å²) < 4.78 is 14.2. The molecule has 256 valence electrons. The second-order valence-electron chi connectivity index (χ2n) is 12.2. The number of pyridine rings is 1. The molecule has 1 amide bonds. The van der Waals surface area contributed by atoms with E-state index in [9.17, 15) is 14.7 Å². The molecule has 1 aliphatic rings. The van der Waals surface area contributed by atoms with Crippen LogP contribution in [0.2, 0.25) is 0 Å². The van der Waals surface area contributed by atoms with Gasteiger partial charge >= 0.3 is 0 Å². The molecular formula is C35H46N8O5. The highest BCUT2D eigenvalue weighted by atomic mass is 16.5. The Morgan fingerprint density at radius 2 is 1.75 bits per heavy atom. The lowest BCUT2D eigenvalue weighted by Gasteiger charge is -2.36. The highest BCUT2D eigenvalue weighted by Gasteiger charge is 2.23. The van der Waals surface area contributed by atoms with Gasteiger partial charge in [-0.05, 0) is 56.7 Å². The van der Waals surface area contributed by atoms with Crippen LogP contribution in [0.1, 0.15) is 45.7 Å². The zero-order valence-electron chi connectivity index (χ0n) is 28.1. The average molecular weight is 659 g/mol. The normalized spacial score (nSPS) is 13.7. The number of allylic oxidation sites excluding steroid dienone is 1. The highest BCUT2D eigenvalue weighted by Crippen LogP contribution is 2.24. The summed E-state index contributed by atoms with van der Waals surface area (Å²) >= 11 is 0. The number of benzene rings is 1. The number of rotatable bonds is 16. The molecule has 0 aliphatic carbocycles. The maximum Gasteiger partial charge on any atom is 0.278 e. The summed E-state index contributed by atoms with van der Waals surface area (Å²) in [6.07, 6.45) is 5.68. The van der Waals surface area contributed by atoms with Gasteiger partial charge in [0, 0.05) is 50.4 Å². The van der Waals surface area contributed by atoms with Crippen LogP contribution in [0, 0.1) is 0 Å². The summed E-state index contributed by atoms with van der Waals surface area (Å²) in [5.41, 5.74) is 1.25. The number of carbonyl (C=O) groups is 1. The van der Waals surface area contributed by atoms with Crippen molar-refractivity contribution in [3.05, 3.63) is 77.4 Å². The number of ether oxygens (including phenoxy) is 2. The van der Waals surface area contributed by atoms with Crippen LogP contribution in [0.25, 0.3) is 16.9 Å². The first-order valence-electron chi connectivity index (χ1n) is 16.5. The van der Waals surface area contributed by atoms with Gasteiger partial charge in [-0.1, -0.05) is 25.5 Å². The van der Waals surface area contributed by atoms with Gasteiger partial charge in [0.15, 0.2) is 11.5 Å². The largest absolute Gasteiger partial charge is 0.384 e. The number of anilines is 3. The van der Waals surface area contributed by atoms with Gasteiger partial charge in [-0.2, -0.15) is 4.98 Å². The first-order chi connectivity index (χ1) is 23.2. The third kappa shape index (κ3) is 8.46. The Morgan fingerprint density at radius 3 is 2.44 bits per heavy atom. The fourth-order valence-electron chi connectivity index (χ4n) is 5.48. The molecule has 13 heteroatoms. The van der Waals surface area contributed by atoms with Gasteiger partial charge in [-0.3, -0.25) is 9.59 Å². The molecule has 1 aromatic carbocycles. The summed E-state index contributed by atoms with van der Waals surface area (Å²) in [5.74, 6) is 0.874. The quantitative estimate of drug-likeness (QED) is 0.134. The van der Waals surface area contributed by atoms with E-state index >= 15 is 0 Å². The number of piperazine rings is 1. The van der Waals surface area contributed by atoms with E-state index in [1.54, 1.807) is 42.8 Å². The van der Waals surface area contributed by atoms with Crippen molar-refractivity contribution in [3.8, 4) is 5.82 Å². The summed E-state index contributed by atoms with van der Waals surface area (Å²) in [6.45, 7) is 14.5. The number of nitrogens with zero attached hydrogens (tertiary/aromatic N) is 7. The predicted molar refractivity (Wildman–Crippen MR) is 186 cm³/mol. The summed E-state index contributed by atoms with van der Waals surface area (Å²) in [5, 5.41) is 14.1. The average Bonchev–Trinajstić information content (AvgIpc) is 3.36. The van der Waals surface area contributed by atoms with Crippen molar-refractivity contribution in [3.63, 3.8) is 0 Å². The fraction of sp³-hybridized carbons (Fsp3) is 0.457. The summed E-state index contributed by atoms with van der Waals surface area (Å²) in [6, 6.07) is 13.2. The lowest BCUT2D eigenvalue weighted by atomic mass is 10.1. The number of hydrogen-bond acceptors (Lipinski definition) is 10. The molecule has 1 aliphatic heterocycles. The number of carbonyl (C=O) groups excluding carboxylic acids is 1.